The van der Waals surface area contributed by atoms with Gasteiger partial charge in [0.1, 0.15) is 0 Å². The van der Waals surface area contributed by atoms with Crippen molar-refractivity contribution in [1.29, 1.82) is 0 Å². The Kier molecular flexibility index (Phi) is 5.50. The third-order valence-electron chi connectivity index (χ3n) is 5.58. The van der Waals surface area contributed by atoms with Crippen LogP contribution in [0.5, 0.6) is 0 Å². The molecule has 1 amide bonds. The first kappa shape index (κ1) is 18.9. The minimum Gasteiger partial charge on any atom is -0.348 e. The van der Waals surface area contributed by atoms with Crippen LogP contribution in [0.25, 0.3) is 0 Å². The Labute approximate surface area is 160 Å². The summed E-state index contributed by atoms with van der Waals surface area (Å²) in [7, 11) is -3.46. The van der Waals surface area contributed by atoms with Gasteiger partial charge in [0.2, 0.25) is 10.0 Å². The van der Waals surface area contributed by atoms with Crippen LogP contribution >= 0.6 is 0 Å². The van der Waals surface area contributed by atoms with Crippen molar-refractivity contribution in [3.8, 4) is 0 Å². The predicted octanol–water partition coefficient (Wildman–Crippen LogP) is 1.84. The van der Waals surface area contributed by atoms with Gasteiger partial charge in [-0.2, -0.15) is 4.31 Å². The first-order valence-corrected chi connectivity index (χ1v) is 11.2. The zero-order chi connectivity index (χ0) is 18.9. The number of amides is 1. The number of benzene rings is 1. The number of hydrogen-bond acceptors (Lipinski definition) is 5. The number of nitrogens with zero attached hydrogens (tertiary/aromatic N) is 2. The Hall–Kier alpha value is -1.48. The van der Waals surface area contributed by atoms with Crippen LogP contribution < -0.4 is 0 Å². The summed E-state index contributed by atoms with van der Waals surface area (Å²) in [5, 5.41) is 0. The Morgan fingerprint density at radius 1 is 0.926 bits per heavy atom. The van der Waals surface area contributed by atoms with Crippen LogP contribution in [0.15, 0.2) is 29.2 Å². The highest BCUT2D eigenvalue weighted by Crippen LogP contribution is 2.27. The van der Waals surface area contributed by atoms with E-state index < -0.39 is 10.0 Å². The molecule has 3 heterocycles. The van der Waals surface area contributed by atoms with E-state index in [1.807, 2.05) is 4.90 Å². The zero-order valence-corrected chi connectivity index (χ0v) is 16.2. The van der Waals surface area contributed by atoms with Gasteiger partial charge in [-0.1, -0.05) is 0 Å². The van der Waals surface area contributed by atoms with Gasteiger partial charge in [0.15, 0.2) is 6.29 Å². The fraction of sp³-hybridized carbons (Fsp3) is 0.632. The molecule has 27 heavy (non-hydrogen) atoms. The van der Waals surface area contributed by atoms with Crippen molar-refractivity contribution in [2.75, 3.05) is 32.8 Å². The van der Waals surface area contributed by atoms with Crippen LogP contribution in [0.1, 0.15) is 42.5 Å². The summed E-state index contributed by atoms with van der Waals surface area (Å²) >= 11 is 0. The van der Waals surface area contributed by atoms with E-state index in [4.69, 9.17) is 9.47 Å². The van der Waals surface area contributed by atoms with Crippen LogP contribution in [-0.4, -0.2) is 68.7 Å². The molecule has 7 nitrogen and oxygen atoms in total. The van der Waals surface area contributed by atoms with Crippen molar-refractivity contribution < 1.29 is 22.7 Å². The molecule has 0 aliphatic carbocycles. The van der Waals surface area contributed by atoms with E-state index in [1.165, 1.54) is 4.31 Å². The number of piperidine rings is 1. The lowest BCUT2D eigenvalue weighted by Crippen LogP contribution is -2.50. The maximum atomic E-state index is 13.0. The SMILES string of the molecule is O=C(c1ccc(S(=O)(=O)N2CCCC2)cc1)N1CCCCC1C1OCCO1. The van der Waals surface area contributed by atoms with Gasteiger partial charge < -0.3 is 14.4 Å². The number of ether oxygens (including phenoxy) is 2. The van der Waals surface area contributed by atoms with Gasteiger partial charge in [-0.25, -0.2) is 8.42 Å². The summed E-state index contributed by atoms with van der Waals surface area (Å²) in [4.78, 5) is 15.1. The van der Waals surface area contributed by atoms with Gasteiger partial charge in [0.05, 0.1) is 24.2 Å². The molecule has 0 saturated carbocycles. The molecular formula is C19H26N2O5S. The van der Waals surface area contributed by atoms with Crippen LogP contribution in [0.4, 0.5) is 0 Å². The minimum absolute atomic E-state index is 0.0817. The smallest absolute Gasteiger partial charge is 0.254 e. The van der Waals surface area contributed by atoms with Crippen LogP contribution in [0, 0.1) is 0 Å². The molecule has 3 aliphatic rings. The Bertz CT molecular complexity index is 768. The van der Waals surface area contributed by atoms with Crippen molar-refractivity contribution in [2.24, 2.45) is 0 Å². The molecule has 0 N–H and O–H groups in total. The molecule has 0 radical (unpaired) electrons. The van der Waals surface area contributed by atoms with E-state index in [0.717, 1.165) is 32.1 Å². The van der Waals surface area contributed by atoms with E-state index in [0.29, 0.717) is 38.4 Å². The number of rotatable bonds is 4. The van der Waals surface area contributed by atoms with E-state index in [-0.39, 0.29) is 23.1 Å². The molecule has 1 unspecified atom stereocenters. The van der Waals surface area contributed by atoms with Crippen LogP contribution in [0.3, 0.4) is 0 Å². The summed E-state index contributed by atoms with van der Waals surface area (Å²) < 4.78 is 38.1. The van der Waals surface area contributed by atoms with E-state index in [1.54, 1.807) is 24.3 Å². The summed E-state index contributed by atoms with van der Waals surface area (Å²) in [6.07, 6.45) is 4.30. The maximum absolute atomic E-state index is 13.0. The van der Waals surface area contributed by atoms with Crippen LogP contribution in [-0.2, 0) is 19.5 Å². The monoisotopic (exact) mass is 394 g/mol. The summed E-state index contributed by atoms with van der Waals surface area (Å²) in [6, 6.07) is 6.24. The first-order valence-electron chi connectivity index (χ1n) is 9.72. The first-order chi connectivity index (χ1) is 13.1. The van der Waals surface area contributed by atoms with E-state index in [9.17, 15) is 13.2 Å². The van der Waals surface area contributed by atoms with Crippen molar-refractivity contribution in [3.05, 3.63) is 29.8 Å². The van der Waals surface area contributed by atoms with E-state index in [2.05, 4.69) is 0 Å². The summed E-state index contributed by atoms with van der Waals surface area (Å²) in [5.41, 5.74) is 0.500. The molecule has 1 atom stereocenters. The number of carbonyl (C=O) groups is 1. The highest BCUT2D eigenvalue weighted by atomic mass is 32.2. The van der Waals surface area contributed by atoms with Crippen molar-refractivity contribution in [3.63, 3.8) is 0 Å². The quantitative estimate of drug-likeness (QED) is 0.779. The topological polar surface area (TPSA) is 76.2 Å². The second-order valence-corrected chi connectivity index (χ2v) is 9.25. The summed E-state index contributed by atoms with van der Waals surface area (Å²) in [5.74, 6) is -0.0936. The molecule has 1 aromatic rings. The standard InChI is InChI=1S/C19H26N2O5S/c22-18(21-12-2-1-5-17(21)19-25-13-14-26-19)15-6-8-16(9-7-15)27(23,24)20-10-3-4-11-20/h6-9,17,19H,1-5,10-14H2. The van der Waals surface area contributed by atoms with Gasteiger partial charge in [0, 0.05) is 25.2 Å². The molecular weight excluding hydrogens is 368 g/mol. The lowest BCUT2D eigenvalue weighted by atomic mass is 10.00. The fourth-order valence-electron chi connectivity index (χ4n) is 4.10. The molecule has 3 saturated heterocycles. The molecule has 3 aliphatic heterocycles. The second-order valence-electron chi connectivity index (χ2n) is 7.31. The Morgan fingerprint density at radius 2 is 1.56 bits per heavy atom. The number of hydrogen-bond donors (Lipinski definition) is 0. The normalized spacial score (nSPS) is 25.2. The van der Waals surface area contributed by atoms with Crippen molar-refractivity contribution in [2.45, 2.75) is 49.3 Å². The average molecular weight is 394 g/mol. The largest absolute Gasteiger partial charge is 0.348 e. The minimum atomic E-state index is -3.46. The van der Waals surface area contributed by atoms with Crippen molar-refractivity contribution in [1.82, 2.24) is 9.21 Å². The average Bonchev–Trinajstić information content (AvgIpc) is 3.41. The van der Waals surface area contributed by atoms with Gasteiger partial charge in [-0.3, -0.25) is 4.79 Å². The molecule has 8 heteroatoms. The lowest BCUT2D eigenvalue weighted by molar-refractivity contribution is -0.100. The summed E-state index contributed by atoms with van der Waals surface area (Å²) in [6.45, 7) is 2.93. The number of sulfonamides is 1. The van der Waals surface area contributed by atoms with E-state index >= 15 is 0 Å². The molecule has 148 valence electrons. The van der Waals surface area contributed by atoms with Gasteiger partial charge >= 0.3 is 0 Å². The zero-order valence-electron chi connectivity index (χ0n) is 15.4. The van der Waals surface area contributed by atoms with Gasteiger partial charge in [-0.15, -0.1) is 0 Å². The number of likely N-dealkylation sites (tertiary alicyclic amines) is 1. The Balaban J connectivity index is 1.51. The van der Waals surface area contributed by atoms with Gasteiger partial charge in [-0.05, 0) is 56.4 Å². The third kappa shape index (κ3) is 3.76. The van der Waals surface area contributed by atoms with Crippen LogP contribution in [0.2, 0.25) is 0 Å². The highest BCUT2D eigenvalue weighted by molar-refractivity contribution is 7.89. The van der Waals surface area contributed by atoms with Crippen molar-refractivity contribution >= 4 is 15.9 Å². The molecule has 0 spiro atoms. The highest BCUT2D eigenvalue weighted by Gasteiger charge is 2.36. The molecule has 3 fully saturated rings. The lowest BCUT2D eigenvalue weighted by Gasteiger charge is -2.38. The molecule has 4 rings (SSSR count). The maximum Gasteiger partial charge on any atom is 0.254 e. The third-order valence-corrected chi connectivity index (χ3v) is 7.49. The predicted molar refractivity (Wildman–Crippen MR) is 98.8 cm³/mol. The second kappa shape index (κ2) is 7.87. The molecule has 1 aromatic carbocycles. The fourth-order valence-corrected chi connectivity index (χ4v) is 5.62. The number of carbonyl (C=O) groups excluding carboxylic acids is 1. The Morgan fingerprint density at radius 3 is 2.22 bits per heavy atom. The molecule has 0 bridgehead atoms. The van der Waals surface area contributed by atoms with Gasteiger partial charge in [0.25, 0.3) is 5.91 Å². The molecule has 0 aromatic heterocycles.